The van der Waals surface area contributed by atoms with Crippen molar-refractivity contribution in [2.24, 2.45) is 0 Å². The van der Waals surface area contributed by atoms with Crippen LogP contribution in [0.25, 0.3) is 0 Å². The van der Waals surface area contributed by atoms with Crippen LogP contribution in [0.2, 0.25) is 0 Å². The molecule has 1 N–H and O–H groups in total. The van der Waals surface area contributed by atoms with Gasteiger partial charge in [0.05, 0.1) is 0 Å². The maximum atomic E-state index is 3.47. The Kier molecular flexibility index (Phi) is 5.11. The largest absolute Gasteiger partial charge is 0.317 e. The summed E-state index contributed by atoms with van der Waals surface area (Å²) < 4.78 is 0. The molecular formula is C14H28N2. The Balaban J connectivity index is 1.83. The molecule has 2 aliphatic rings. The Morgan fingerprint density at radius 2 is 1.56 bits per heavy atom. The molecule has 0 aromatic carbocycles. The van der Waals surface area contributed by atoms with Crippen LogP contribution >= 0.6 is 0 Å². The highest BCUT2D eigenvalue weighted by Crippen LogP contribution is 2.25. The first-order valence-electron chi connectivity index (χ1n) is 7.31. The van der Waals surface area contributed by atoms with Crippen LogP contribution in [-0.2, 0) is 0 Å². The van der Waals surface area contributed by atoms with Crippen LogP contribution in [0.3, 0.4) is 0 Å². The van der Waals surface area contributed by atoms with Crippen molar-refractivity contribution in [3.05, 3.63) is 0 Å². The number of hydrogen-bond acceptors (Lipinski definition) is 2. The number of hydrogen-bond donors (Lipinski definition) is 1. The first-order valence-corrected chi connectivity index (χ1v) is 7.31. The molecule has 1 saturated carbocycles. The minimum atomic E-state index is 0.782. The monoisotopic (exact) mass is 224 g/mol. The van der Waals surface area contributed by atoms with Gasteiger partial charge in [-0.2, -0.15) is 0 Å². The summed E-state index contributed by atoms with van der Waals surface area (Å²) in [6.45, 7) is 2.72. The lowest BCUT2D eigenvalue weighted by Crippen LogP contribution is -2.44. The molecule has 1 heterocycles. The number of rotatable bonds is 2. The van der Waals surface area contributed by atoms with E-state index in [0.717, 1.165) is 12.1 Å². The smallest absolute Gasteiger partial charge is 0.0110 e. The average Bonchev–Trinajstić information content (AvgIpc) is 2.29. The van der Waals surface area contributed by atoms with Crippen LogP contribution in [0.5, 0.6) is 0 Å². The zero-order valence-electron chi connectivity index (χ0n) is 10.9. The van der Waals surface area contributed by atoms with E-state index in [1.807, 2.05) is 0 Å². The number of nitrogens with zero attached hydrogens (tertiary/aromatic N) is 1. The topological polar surface area (TPSA) is 15.3 Å². The molecule has 1 saturated heterocycles. The summed E-state index contributed by atoms with van der Waals surface area (Å²) in [5, 5.41) is 3.47. The third kappa shape index (κ3) is 3.46. The lowest BCUT2D eigenvalue weighted by Gasteiger charge is -2.38. The second-order valence-electron chi connectivity index (χ2n) is 5.61. The van der Waals surface area contributed by atoms with Gasteiger partial charge in [-0.05, 0) is 52.2 Å². The van der Waals surface area contributed by atoms with Crippen LogP contribution in [0.15, 0.2) is 0 Å². The third-order valence-electron chi connectivity index (χ3n) is 4.46. The van der Waals surface area contributed by atoms with Crippen LogP contribution in [0.1, 0.15) is 57.8 Å². The van der Waals surface area contributed by atoms with Gasteiger partial charge in [-0.1, -0.05) is 25.7 Å². The molecule has 2 atom stereocenters. The summed E-state index contributed by atoms with van der Waals surface area (Å²) in [5.41, 5.74) is 0. The standard InChI is InChI=1S/C14H28N2/c1-15-13-8-7-9-14(12-13)16-10-5-3-2-4-6-11-16/h13-15H,2-12H2,1H3. The van der Waals surface area contributed by atoms with E-state index < -0.39 is 0 Å². The molecule has 2 rings (SSSR count). The van der Waals surface area contributed by atoms with E-state index in [4.69, 9.17) is 0 Å². The van der Waals surface area contributed by atoms with Gasteiger partial charge in [-0.15, -0.1) is 0 Å². The maximum absolute atomic E-state index is 3.47. The molecule has 0 bridgehead atoms. The highest BCUT2D eigenvalue weighted by Gasteiger charge is 2.25. The predicted octanol–water partition coefficient (Wildman–Crippen LogP) is 2.78. The lowest BCUT2D eigenvalue weighted by molar-refractivity contribution is 0.130. The van der Waals surface area contributed by atoms with Gasteiger partial charge in [0.1, 0.15) is 0 Å². The third-order valence-corrected chi connectivity index (χ3v) is 4.46. The van der Waals surface area contributed by atoms with Crippen molar-refractivity contribution in [1.82, 2.24) is 10.2 Å². The molecule has 1 aliphatic heterocycles. The molecule has 94 valence electrons. The van der Waals surface area contributed by atoms with Gasteiger partial charge in [-0.25, -0.2) is 0 Å². The quantitative estimate of drug-likeness (QED) is 0.776. The van der Waals surface area contributed by atoms with Gasteiger partial charge in [0.2, 0.25) is 0 Å². The normalized spacial score (nSPS) is 34.3. The molecule has 0 radical (unpaired) electrons. The van der Waals surface area contributed by atoms with Crippen LogP contribution in [0.4, 0.5) is 0 Å². The minimum absolute atomic E-state index is 0.782. The van der Waals surface area contributed by atoms with Crippen molar-refractivity contribution in [3.63, 3.8) is 0 Å². The van der Waals surface area contributed by atoms with Crippen LogP contribution in [-0.4, -0.2) is 37.1 Å². The zero-order valence-corrected chi connectivity index (χ0v) is 10.9. The SMILES string of the molecule is CNC1CCCC(N2CCCCCCC2)C1. The van der Waals surface area contributed by atoms with Gasteiger partial charge < -0.3 is 10.2 Å². The molecular weight excluding hydrogens is 196 g/mol. The summed E-state index contributed by atoms with van der Waals surface area (Å²) in [5.74, 6) is 0. The molecule has 0 aromatic rings. The maximum Gasteiger partial charge on any atom is 0.0110 e. The van der Waals surface area contributed by atoms with Crippen molar-refractivity contribution < 1.29 is 0 Å². The van der Waals surface area contributed by atoms with E-state index in [2.05, 4.69) is 17.3 Å². The Morgan fingerprint density at radius 3 is 2.25 bits per heavy atom. The second-order valence-corrected chi connectivity index (χ2v) is 5.61. The van der Waals surface area contributed by atoms with Crippen molar-refractivity contribution in [1.29, 1.82) is 0 Å². The Labute approximate surface area is 101 Å². The van der Waals surface area contributed by atoms with E-state index in [1.54, 1.807) is 0 Å². The molecule has 2 fully saturated rings. The Morgan fingerprint density at radius 1 is 0.875 bits per heavy atom. The van der Waals surface area contributed by atoms with Crippen molar-refractivity contribution in [2.75, 3.05) is 20.1 Å². The fourth-order valence-corrected chi connectivity index (χ4v) is 3.39. The van der Waals surface area contributed by atoms with E-state index in [-0.39, 0.29) is 0 Å². The summed E-state index contributed by atoms with van der Waals surface area (Å²) in [6.07, 6.45) is 12.9. The van der Waals surface area contributed by atoms with Crippen molar-refractivity contribution in [2.45, 2.75) is 69.9 Å². The molecule has 16 heavy (non-hydrogen) atoms. The molecule has 1 aliphatic carbocycles. The van der Waals surface area contributed by atoms with E-state index in [1.165, 1.54) is 70.9 Å². The fraction of sp³-hybridized carbons (Fsp3) is 1.00. The van der Waals surface area contributed by atoms with E-state index in [0.29, 0.717) is 0 Å². The van der Waals surface area contributed by atoms with Crippen LogP contribution < -0.4 is 5.32 Å². The van der Waals surface area contributed by atoms with Crippen molar-refractivity contribution in [3.8, 4) is 0 Å². The van der Waals surface area contributed by atoms with Gasteiger partial charge in [-0.3, -0.25) is 0 Å². The Bertz CT molecular complexity index is 185. The van der Waals surface area contributed by atoms with Gasteiger partial charge in [0.15, 0.2) is 0 Å². The van der Waals surface area contributed by atoms with Crippen molar-refractivity contribution >= 4 is 0 Å². The Hall–Kier alpha value is -0.0800. The summed E-state index contributed by atoms with van der Waals surface area (Å²) in [7, 11) is 2.13. The molecule has 0 aromatic heterocycles. The fourth-order valence-electron chi connectivity index (χ4n) is 3.39. The molecule has 2 unspecified atom stereocenters. The molecule has 0 spiro atoms. The second kappa shape index (κ2) is 6.61. The van der Waals surface area contributed by atoms with Gasteiger partial charge in [0.25, 0.3) is 0 Å². The summed E-state index contributed by atoms with van der Waals surface area (Å²) in [4.78, 5) is 2.79. The summed E-state index contributed by atoms with van der Waals surface area (Å²) in [6, 6.07) is 1.66. The lowest BCUT2D eigenvalue weighted by atomic mass is 9.89. The highest BCUT2D eigenvalue weighted by atomic mass is 15.2. The molecule has 2 nitrogen and oxygen atoms in total. The van der Waals surface area contributed by atoms with Gasteiger partial charge >= 0.3 is 0 Å². The predicted molar refractivity (Wildman–Crippen MR) is 69.8 cm³/mol. The number of likely N-dealkylation sites (tertiary alicyclic amines) is 1. The molecule has 2 heteroatoms. The first-order chi connectivity index (χ1) is 7.90. The summed E-state index contributed by atoms with van der Waals surface area (Å²) >= 11 is 0. The van der Waals surface area contributed by atoms with E-state index in [9.17, 15) is 0 Å². The number of nitrogens with one attached hydrogen (secondary N) is 1. The molecule has 0 amide bonds. The zero-order chi connectivity index (χ0) is 11.2. The highest BCUT2D eigenvalue weighted by molar-refractivity contribution is 4.83. The minimum Gasteiger partial charge on any atom is -0.317 e. The van der Waals surface area contributed by atoms with Gasteiger partial charge in [0, 0.05) is 12.1 Å². The average molecular weight is 224 g/mol. The first kappa shape index (κ1) is 12.4. The van der Waals surface area contributed by atoms with Crippen LogP contribution in [0, 0.1) is 0 Å². The van der Waals surface area contributed by atoms with E-state index >= 15 is 0 Å².